The van der Waals surface area contributed by atoms with Crippen molar-refractivity contribution in [1.29, 1.82) is 0 Å². The molecule has 0 aromatic carbocycles. The maximum atomic E-state index is 11.5. The second kappa shape index (κ2) is 6.83. The van der Waals surface area contributed by atoms with Crippen LogP contribution in [0.4, 0.5) is 4.79 Å². The molecule has 0 aromatic rings. The van der Waals surface area contributed by atoms with Crippen LogP contribution in [0.15, 0.2) is 0 Å². The molecule has 102 valence electrons. The molecule has 0 spiro atoms. The van der Waals surface area contributed by atoms with Crippen LogP contribution in [0.25, 0.3) is 0 Å². The standard InChI is InChI=1S/C11H18N2O5/c1-2-18-10(16)6-12-11(17)13-8(5-9(14)15)7-3-4-7/h7-8H,2-6H2,1H3,(H,14,15)(H2,12,13,17). The van der Waals surface area contributed by atoms with E-state index in [2.05, 4.69) is 15.4 Å². The quantitative estimate of drug-likeness (QED) is 0.562. The van der Waals surface area contributed by atoms with E-state index in [1.807, 2.05) is 0 Å². The molecule has 1 rings (SSSR count). The van der Waals surface area contributed by atoms with E-state index in [1.54, 1.807) is 6.92 Å². The Balaban J connectivity index is 2.28. The minimum absolute atomic E-state index is 0.0997. The maximum absolute atomic E-state index is 11.5. The third kappa shape index (κ3) is 5.51. The normalized spacial score (nSPS) is 15.6. The molecule has 0 radical (unpaired) electrons. The molecule has 7 nitrogen and oxygen atoms in total. The molecule has 3 N–H and O–H groups in total. The third-order valence-corrected chi connectivity index (χ3v) is 2.60. The zero-order valence-electron chi connectivity index (χ0n) is 10.3. The number of hydrogen-bond donors (Lipinski definition) is 3. The molecule has 1 aliphatic carbocycles. The van der Waals surface area contributed by atoms with E-state index in [9.17, 15) is 14.4 Å². The molecule has 18 heavy (non-hydrogen) atoms. The van der Waals surface area contributed by atoms with Gasteiger partial charge in [-0.25, -0.2) is 4.79 Å². The highest BCUT2D eigenvalue weighted by atomic mass is 16.5. The lowest BCUT2D eigenvalue weighted by Gasteiger charge is -2.16. The number of hydrogen-bond acceptors (Lipinski definition) is 4. The van der Waals surface area contributed by atoms with Crippen LogP contribution in [0.1, 0.15) is 26.2 Å². The largest absolute Gasteiger partial charge is 0.481 e. The fraction of sp³-hybridized carbons (Fsp3) is 0.727. The Kier molecular flexibility index (Phi) is 5.41. The number of rotatable bonds is 7. The van der Waals surface area contributed by atoms with Crippen molar-refractivity contribution in [2.24, 2.45) is 5.92 Å². The van der Waals surface area contributed by atoms with Crippen molar-refractivity contribution in [3.05, 3.63) is 0 Å². The van der Waals surface area contributed by atoms with Gasteiger partial charge in [-0.3, -0.25) is 9.59 Å². The number of urea groups is 1. The lowest BCUT2D eigenvalue weighted by molar-refractivity contribution is -0.142. The van der Waals surface area contributed by atoms with Crippen molar-refractivity contribution < 1.29 is 24.2 Å². The summed E-state index contributed by atoms with van der Waals surface area (Å²) in [4.78, 5) is 33.1. The Labute approximate surface area is 105 Å². The van der Waals surface area contributed by atoms with Crippen molar-refractivity contribution >= 4 is 18.0 Å². The first-order valence-electron chi connectivity index (χ1n) is 5.94. The number of esters is 1. The van der Waals surface area contributed by atoms with Crippen LogP contribution >= 0.6 is 0 Å². The lowest BCUT2D eigenvalue weighted by Crippen LogP contribution is -2.45. The minimum Gasteiger partial charge on any atom is -0.481 e. The fourth-order valence-electron chi connectivity index (χ4n) is 1.61. The molecule has 0 bridgehead atoms. The number of carbonyl (C=O) groups excluding carboxylic acids is 2. The highest BCUT2D eigenvalue weighted by molar-refractivity contribution is 5.81. The molecular weight excluding hydrogens is 240 g/mol. The van der Waals surface area contributed by atoms with Crippen LogP contribution in [0.2, 0.25) is 0 Å². The Morgan fingerprint density at radius 1 is 1.39 bits per heavy atom. The summed E-state index contributed by atoms with van der Waals surface area (Å²) in [5, 5.41) is 13.6. The van der Waals surface area contributed by atoms with Gasteiger partial charge in [0.15, 0.2) is 0 Å². The number of ether oxygens (including phenoxy) is 1. The summed E-state index contributed by atoms with van der Waals surface area (Å²) < 4.78 is 4.65. The van der Waals surface area contributed by atoms with Crippen molar-refractivity contribution in [3.8, 4) is 0 Å². The maximum Gasteiger partial charge on any atom is 0.325 e. The molecule has 1 unspecified atom stereocenters. The average molecular weight is 258 g/mol. The fourth-order valence-corrected chi connectivity index (χ4v) is 1.61. The summed E-state index contributed by atoms with van der Waals surface area (Å²) in [7, 11) is 0. The van der Waals surface area contributed by atoms with E-state index in [-0.39, 0.29) is 31.5 Å². The van der Waals surface area contributed by atoms with Gasteiger partial charge >= 0.3 is 18.0 Å². The van der Waals surface area contributed by atoms with Gasteiger partial charge in [0.2, 0.25) is 0 Å². The van der Waals surface area contributed by atoms with E-state index < -0.39 is 18.0 Å². The number of carboxylic acid groups (broad SMARTS) is 1. The SMILES string of the molecule is CCOC(=O)CNC(=O)NC(CC(=O)O)C1CC1. The zero-order valence-corrected chi connectivity index (χ0v) is 10.3. The summed E-state index contributed by atoms with van der Waals surface area (Å²) in [5.41, 5.74) is 0. The predicted octanol–water partition coefficient (Wildman–Crippen LogP) is 0.102. The summed E-state index contributed by atoms with van der Waals surface area (Å²) in [6.07, 6.45) is 1.75. The highest BCUT2D eigenvalue weighted by Crippen LogP contribution is 2.33. The van der Waals surface area contributed by atoms with E-state index in [1.165, 1.54) is 0 Å². The molecule has 2 amide bonds. The van der Waals surface area contributed by atoms with E-state index >= 15 is 0 Å². The summed E-state index contributed by atoms with van der Waals surface area (Å²) in [6.45, 7) is 1.71. The van der Waals surface area contributed by atoms with Gasteiger partial charge < -0.3 is 20.5 Å². The molecule has 1 atom stereocenters. The van der Waals surface area contributed by atoms with Crippen molar-refractivity contribution in [3.63, 3.8) is 0 Å². The van der Waals surface area contributed by atoms with Gasteiger partial charge in [0.05, 0.1) is 13.0 Å². The van der Waals surface area contributed by atoms with Gasteiger partial charge in [-0.1, -0.05) is 0 Å². The number of nitrogens with one attached hydrogen (secondary N) is 2. The minimum atomic E-state index is -0.947. The summed E-state index contributed by atoms with van der Waals surface area (Å²) >= 11 is 0. The number of carboxylic acids is 1. The smallest absolute Gasteiger partial charge is 0.325 e. The Morgan fingerprint density at radius 2 is 2.06 bits per heavy atom. The molecule has 1 aliphatic rings. The molecule has 0 heterocycles. The van der Waals surface area contributed by atoms with Gasteiger partial charge in [-0.15, -0.1) is 0 Å². The first-order chi connectivity index (χ1) is 8.52. The van der Waals surface area contributed by atoms with Crippen LogP contribution in [-0.2, 0) is 14.3 Å². The van der Waals surface area contributed by atoms with Crippen LogP contribution in [0.3, 0.4) is 0 Å². The predicted molar refractivity (Wildman–Crippen MR) is 61.9 cm³/mol. The highest BCUT2D eigenvalue weighted by Gasteiger charge is 2.33. The van der Waals surface area contributed by atoms with E-state index in [4.69, 9.17) is 5.11 Å². The van der Waals surface area contributed by atoms with Crippen molar-refractivity contribution in [1.82, 2.24) is 10.6 Å². The zero-order chi connectivity index (χ0) is 13.5. The Morgan fingerprint density at radius 3 is 2.56 bits per heavy atom. The van der Waals surface area contributed by atoms with Crippen LogP contribution in [-0.4, -0.2) is 42.3 Å². The first-order valence-corrected chi connectivity index (χ1v) is 5.94. The number of aliphatic carboxylic acids is 1. The van der Waals surface area contributed by atoms with Crippen LogP contribution < -0.4 is 10.6 Å². The molecule has 0 aromatic heterocycles. The van der Waals surface area contributed by atoms with Crippen molar-refractivity contribution in [2.45, 2.75) is 32.2 Å². The Hall–Kier alpha value is -1.79. The molecular formula is C11H18N2O5. The molecule has 0 aliphatic heterocycles. The summed E-state index contributed by atoms with van der Waals surface area (Å²) in [6, 6.07) is -0.911. The van der Waals surface area contributed by atoms with Gasteiger partial charge in [0, 0.05) is 6.04 Å². The topological polar surface area (TPSA) is 105 Å². The van der Waals surface area contributed by atoms with Gasteiger partial charge in [0.1, 0.15) is 6.54 Å². The second-order valence-electron chi connectivity index (χ2n) is 4.17. The lowest BCUT2D eigenvalue weighted by atomic mass is 10.1. The number of amides is 2. The first kappa shape index (κ1) is 14.3. The summed E-state index contributed by atoms with van der Waals surface area (Å²) in [5.74, 6) is -1.24. The van der Waals surface area contributed by atoms with Gasteiger partial charge in [-0.05, 0) is 25.7 Å². The molecule has 0 saturated heterocycles. The second-order valence-corrected chi connectivity index (χ2v) is 4.17. The van der Waals surface area contributed by atoms with Gasteiger partial charge in [0.25, 0.3) is 0 Å². The van der Waals surface area contributed by atoms with Crippen LogP contribution in [0.5, 0.6) is 0 Å². The monoisotopic (exact) mass is 258 g/mol. The van der Waals surface area contributed by atoms with Crippen LogP contribution in [0, 0.1) is 5.92 Å². The van der Waals surface area contributed by atoms with Crippen molar-refractivity contribution in [2.75, 3.05) is 13.2 Å². The number of carbonyl (C=O) groups is 3. The molecule has 1 fully saturated rings. The Bertz CT molecular complexity index is 327. The van der Waals surface area contributed by atoms with E-state index in [0.717, 1.165) is 12.8 Å². The molecule has 7 heteroatoms. The third-order valence-electron chi connectivity index (χ3n) is 2.60. The average Bonchev–Trinajstić information content (AvgIpc) is 3.09. The molecule has 1 saturated carbocycles. The van der Waals surface area contributed by atoms with E-state index in [0.29, 0.717) is 0 Å². The van der Waals surface area contributed by atoms with Gasteiger partial charge in [-0.2, -0.15) is 0 Å².